The maximum atomic E-state index is 9.92. The van der Waals surface area contributed by atoms with E-state index in [2.05, 4.69) is 32.2 Å². The minimum atomic E-state index is 0.00757. The van der Waals surface area contributed by atoms with Crippen LogP contribution in [0.25, 0.3) is 23.0 Å². The molecule has 0 aliphatic carbocycles. The molecule has 26 heavy (non-hydrogen) atoms. The van der Waals surface area contributed by atoms with E-state index < -0.39 is 0 Å². The van der Waals surface area contributed by atoms with Crippen LogP contribution in [0.1, 0.15) is 11.4 Å². The number of hydrogen-bond donors (Lipinski definition) is 1. The highest BCUT2D eigenvalue weighted by Gasteiger charge is 2.15. The third-order valence-electron chi connectivity index (χ3n) is 3.85. The summed E-state index contributed by atoms with van der Waals surface area (Å²) in [6, 6.07) is 15.1. The molecule has 0 spiro atoms. The second-order valence-electron chi connectivity index (χ2n) is 5.50. The van der Waals surface area contributed by atoms with Gasteiger partial charge in [0.25, 0.3) is 0 Å². The van der Waals surface area contributed by atoms with Crippen molar-refractivity contribution in [3.05, 3.63) is 58.3 Å². The lowest BCUT2D eigenvalue weighted by atomic mass is 10.1. The number of nitriles is 1. The lowest BCUT2D eigenvalue weighted by Gasteiger charge is -2.07. The van der Waals surface area contributed by atoms with Crippen LogP contribution < -0.4 is 4.74 Å². The Bertz CT molecular complexity index is 1020. The van der Waals surface area contributed by atoms with Gasteiger partial charge in [0.15, 0.2) is 23.1 Å². The quantitative estimate of drug-likeness (QED) is 0.656. The number of aromatic hydroxyl groups is 1. The lowest BCUT2D eigenvalue weighted by molar-refractivity contribution is 0.372. The maximum absolute atomic E-state index is 9.92. The number of phenolic OH excluding ortho intramolecular Hbond substituents is 1. The van der Waals surface area contributed by atoms with Gasteiger partial charge in [-0.3, -0.25) is 0 Å². The van der Waals surface area contributed by atoms with Crippen LogP contribution in [0.15, 0.2) is 46.9 Å². The molecule has 2 aromatic carbocycles. The summed E-state index contributed by atoms with van der Waals surface area (Å²) < 4.78 is 7.40. The van der Waals surface area contributed by atoms with E-state index in [1.54, 1.807) is 22.8 Å². The van der Waals surface area contributed by atoms with Gasteiger partial charge in [-0.15, -0.1) is 10.2 Å². The highest BCUT2D eigenvalue weighted by atomic mass is 79.9. The SMILES string of the molecule is COc1cc(/C=C(/C#N)c2nnc(-c3ccccc3)n2C)cc(Br)c1O. The Labute approximate surface area is 159 Å². The summed E-state index contributed by atoms with van der Waals surface area (Å²) in [5.41, 5.74) is 1.95. The van der Waals surface area contributed by atoms with Gasteiger partial charge in [-0.1, -0.05) is 30.3 Å². The number of allylic oxidation sites excluding steroid dienone is 1. The third kappa shape index (κ3) is 3.32. The van der Waals surface area contributed by atoms with Crippen molar-refractivity contribution in [1.29, 1.82) is 5.26 Å². The number of benzene rings is 2. The molecule has 1 heterocycles. The number of halogens is 1. The van der Waals surface area contributed by atoms with E-state index in [4.69, 9.17) is 4.74 Å². The predicted octanol–water partition coefficient (Wildman–Crippen LogP) is 4.02. The summed E-state index contributed by atoms with van der Waals surface area (Å²) in [4.78, 5) is 0. The van der Waals surface area contributed by atoms with Gasteiger partial charge < -0.3 is 14.4 Å². The molecule has 3 rings (SSSR count). The number of hydrogen-bond acceptors (Lipinski definition) is 5. The van der Waals surface area contributed by atoms with Crippen molar-refractivity contribution in [3.8, 4) is 29.0 Å². The summed E-state index contributed by atoms with van der Waals surface area (Å²) in [6.07, 6.45) is 1.67. The highest BCUT2D eigenvalue weighted by Crippen LogP contribution is 2.36. The number of nitrogens with zero attached hydrogens (tertiary/aromatic N) is 4. The van der Waals surface area contributed by atoms with Crippen LogP contribution in [-0.4, -0.2) is 27.0 Å². The minimum absolute atomic E-state index is 0.00757. The highest BCUT2D eigenvalue weighted by molar-refractivity contribution is 9.10. The molecule has 0 aliphatic heterocycles. The maximum Gasteiger partial charge on any atom is 0.174 e. The van der Waals surface area contributed by atoms with Crippen molar-refractivity contribution < 1.29 is 9.84 Å². The van der Waals surface area contributed by atoms with E-state index in [1.165, 1.54) is 7.11 Å². The Hall–Kier alpha value is -3.11. The molecule has 0 amide bonds. The van der Waals surface area contributed by atoms with E-state index in [0.717, 1.165) is 5.56 Å². The fourth-order valence-corrected chi connectivity index (χ4v) is 3.01. The van der Waals surface area contributed by atoms with Crippen LogP contribution in [0.5, 0.6) is 11.5 Å². The molecule has 3 aromatic rings. The van der Waals surface area contributed by atoms with E-state index in [-0.39, 0.29) is 5.75 Å². The van der Waals surface area contributed by atoms with Crippen molar-refractivity contribution in [1.82, 2.24) is 14.8 Å². The normalized spacial score (nSPS) is 11.2. The molecule has 0 unspecified atom stereocenters. The van der Waals surface area contributed by atoms with Gasteiger partial charge in [0.05, 0.1) is 17.2 Å². The van der Waals surface area contributed by atoms with Crippen molar-refractivity contribution in [2.75, 3.05) is 7.11 Å². The topological polar surface area (TPSA) is 84.0 Å². The standard InChI is InChI=1S/C19H15BrN4O2/c1-24-18(13-6-4-3-5-7-13)22-23-19(24)14(11-21)8-12-9-15(20)17(25)16(10-12)26-2/h3-10,25H,1-2H3/b14-8-. The van der Waals surface area contributed by atoms with Gasteiger partial charge in [-0.2, -0.15) is 5.26 Å². The lowest BCUT2D eigenvalue weighted by Crippen LogP contribution is -1.98. The molecule has 130 valence electrons. The van der Waals surface area contributed by atoms with Gasteiger partial charge in [0.2, 0.25) is 0 Å². The molecule has 7 heteroatoms. The zero-order valence-electron chi connectivity index (χ0n) is 14.1. The molecule has 1 aromatic heterocycles. The molecule has 0 radical (unpaired) electrons. The Morgan fingerprint density at radius 1 is 1.27 bits per heavy atom. The number of methoxy groups -OCH3 is 1. The molecule has 0 bridgehead atoms. The fourth-order valence-electron chi connectivity index (χ4n) is 2.55. The first-order chi connectivity index (χ1) is 12.5. The van der Waals surface area contributed by atoms with E-state index in [1.807, 2.05) is 37.4 Å². The number of phenols is 1. The Balaban J connectivity index is 2.06. The average molecular weight is 411 g/mol. The summed E-state index contributed by atoms with van der Waals surface area (Å²) in [6.45, 7) is 0. The van der Waals surface area contributed by atoms with Crippen molar-refractivity contribution in [3.63, 3.8) is 0 Å². The minimum Gasteiger partial charge on any atom is -0.503 e. The van der Waals surface area contributed by atoms with Crippen molar-refractivity contribution >= 4 is 27.6 Å². The van der Waals surface area contributed by atoms with Gasteiger partial charge in [-0.05, 0) is 39.7 Å². The Kier molecular flexibility index (Phi) is 5.05. The summed E-state index contributed by atoms with van der Waals surface area (Å²) >= 11 is 3.28. The first-order valence-electron chi connectivity index (χ1n) is 7.68. The number of ether oxygens (including phenoxy) is 1. The number of rotatable bonds is 4. The molecular formula is C19H15BrN4O2. The molecule has 1 N–H and O–H groups in total. The van der Waals surface area contributed by atoms with Crippen LogP contribution >= 0.6 is 15.9 Å². The summed E-state index contributed by atoms with van der Waals surface area (Å²) in [5, 5.41) is 27.9. The van der Waals surface area contributed by atoms with Gasteiger partial charge in [0.1, 0.15) is 6.07 Å². The van der Waals surface area contributed by atoms with Gasteiger partial charge in [-0.25, -0.2) is 0 Å². The smallest absolute Gasteiger partial charge is 0.174 e. The third-order valence-corrected chi connectivity index (χ3v) is 4.45. The monoisotopic (exact) mass is 410 g/mol. The molecular weight excluding hydrogens is 396 g/mol. The second-order valence-corrected chi connectivity index (χ2v) is 6.35. The second kappa shape index (κ2) is 7.42. The van der Waals surface area contributed by atoms with Gasteiger partial charge >= 0.3 is 0 Å². The van der Waals surface area contributed by atoms with Crippen LogP contribution in [0.4, 0.5) is 0 Å². The van der Waals surface area contributed by atoms with Crippen LogP contribution in [-0.2, 0) is 7.05 Å². The first kappa shape index (κ1) is 17.7. The van der Waals surface area contributed by atoms with Crippen LogP contribution in [0.2, 0.25) is 0 Å². The van der Waals surface area contributed by atoms with Crippen molar-refractivity contribution in [2.24, 2.45) is 7.05 Å². The molecule has 0 atom stereocenters. The fraction of sp³-hybridized carbons (Fsp3) is 0.105. The Morgan fingerprint density at radius 3 is 2.65 bits per heavy atom. The number of aromatic nitrogens is 3. The first-order valence-corrected chi connectivity index (χ1v) is 8.48. The summed E-state index contributed by atoms with van der Waals surface area (Å²) in [7, 11) is 3.28. The molecule has 0 aliphatic rings. The van der Waals surface area contributed by atoms with E-state index in [0.29, 0.717) is 33.0 Å². The van der Waals surface area contributed by atoms with E-state index >= 15 is 0 Å². The molecule has 0 fully saturated rings. The zero-order valence-corrected chi connectivity index (χ0v) is 15.7. The molecule has 0 saturated carbocycles. The van der Waals surface area contributed by atoms with Gasteiger partial charge in [0, 0.05) is 12.6 Å². The van der Waals surface area contributed by atoms with Crippen molar-refractivity contribution in [2.45, 2.75) is 0 Å². The largest absolute Gasteiger partial charge is 0.503 e. The predicted molar refractivity (Wildman–Crippen MR) is 102 cm³/mol. The zero-order chi connectivity index (χ0) is 18.7. The summed E-state index contributed by atoms with van der Waals surface area (Å²) in [5.74, 6) is 1.44. The van der Waals surface area contributed by atoms with Crippen LogP contribution in [0, 0.1) is 11.3 Å². The van der Waals surface area contributed by atoms with Crippen LogP contribution in [0.3, 0.4) is 0 Å². The molecule has 6 nitrogen and oxygen atoms in total. The molecule has 0 saturated heterocycles. The van der Waals surface area contributed by atoms with E-state index in [9.17, 15) is 10.4 Å². The average Bonchev–Trinajstić information content (AvgIpc) is 3.04. The Morgan fingerprint density at radius 2 is 2.00 bits per heavy atom.